The van der Waals surface area contributed by atoms with Gasteiger partial charge in [0.25, 0.3) is 0 Å². The molecule has 0 bridgehead atoms. The summed E-state index contributed by atoms with van der Waals surface area (Å²) in [6.45, 7) is 1.89. The van der Waals surface area contributed by atoms with Gasteiger partial charge >= 0.3 is 6.09 Å². The van der Waals surface area contributed by atoms with Crippen molar-refractivity contribution in [1.82, 2.24) is 25.5 Å². The molecule has 10 nitrogen and oxygen atoms in total. The molecule has 162 valence electrons. The Morgan fingerprint density at radius 2 is 2.20 bits per heavy atom. The third kappa shape index (κ3) is 6.16. The molecular weight excluding hydrogens is 388 g/mol. The lowest BCUT2D eigenvalue weighted by Crippen LogP contribution is -2.31. The summed E-state index contributed by atoms with van der Waals surface area (Å²) in [4.78, 5) is 31.1. The summed E-state index contributed by atoms with van der Waals surface area (Å²) in [7, 11) is 1.50. The Kier molecular flexibility index (Phi) is 7.21. The molecule has 0 aromatic carbocycles. The Morgan fingerprint density at radius 3 is 2.97 bits per heavy atom. The van der Waals surface area contributed by atoms with Crippen LogP contribution in [0.3, 0.4) is 0 Å². The van der Waals surface area contributed by atoms with Gasteiger partial charge in [0.1, 0.15) is 0 Å². The van der Waals surface area contributed by atoms with E-state index in [0.717, 1.165) is 37.8 Å². The van der Waals surface area contributed by atoms with Gasteiger partial charge in [-0.15, -0.1) is 0 Å². The van der Waals surface area contributed by atoms with Gasteiger partial charge in [0, 0.05) is 29.9 Å². The van der Waals surface area contributed by atoms with Crippen LogP contribution in [0.15, 0.2) is 18.5 Å². The van der Waals surface area contributed by atoms with Crippen molar-refractivity contribution < 1.29 is 19.4 Å². The number of H-pyrrole nitrogens is 1. The minimum atomic E-state index is -0.975. The zero-order chi connectivity index (χ0) is 21.5. The van der Waals surface area contributed by atoms with Crippen molar-refractivity contribution in [1.29, 1.82) is 0 Å². The fraction of sp³-hybridized carbons (Fsp3) is 0.550. The minimum absolute atomic E-state index is 0.0372. The minimum Gasteiger partial charge on any atom is -0.480 e. The van der Waals surface area contributed by atoms with E-state index >= 15 is 0 Å². The first-order chi connectivity index (χ1) is 14.4. The highest BCUT2D eigenvalue weighted by atomic mass is 16.5. The van der Waals surface area contributed by atoms with Gasteiger partial charge in [-0.25, -0.2) is 9.78 Å². The number of carbonyl (C=O) groups excluding carboxylic acids is 1. The number of hydrogen-bond donors (Lipinski definition) is 4. The smallest absolute Gasteiger partial charge is 0.404 e. The molecule has 10 heteroatoms. The largest absolute Gasteiger partial charge is 0.480 e. The average Bonchev–Trinajstić information content (AvgIpc) is 3.35. The lowest BCUT2D eigenvalue weighted by Gasteiger charge is -2.14. The second kappa shape index (κ2) is 10.0. The molecule has 0 spiro atoms. The van der Waals surface area contributed by atoms with Crippen molar-refractivity contribution in [3.05, 3.63) is 29.8 Å². The number of rotatable bonds is 9. The number of carbonyl (C=O) groups is 2. The maximum absolute atomic E-state index is 12.3. The molecule has 4 N–H and O–H groups in total. The molecule has 30 heavy (non-hydrogen) atoms. The zero-order valence-corrected chi connectivity index (χ0v) is 17.2. The molecule has 2 amide bonds. The van der Waals surface area contributed by atoms with E-state index in [1.807, 2.05) is 13.0 Å². The van der Waals surface area contributed by atoms with Crippen LogP contribution in [-0.4, -0.2) is 50.4 Å². The van der Waals surface area contributed by atoms with Gasteiger partial charge in [0.2, 0.25) is 11.8 Å². The molecule has 1 aliphatic carbocycles. The number of anilines is 1. The van der Waals surface area contributed by atoms with Crippen molar-refractivity contribution >= 4 is 17.8 Å². The molecule has 0 aliphatic heterocycles. The van der Waals surface area contributed by atoms with Gasteiger partial charge in [-0.05, 0) is 44.9 Å². The average molecular weight is 416 g/mol. The fourth-order valence-electron chi connectivity index (χ4n) is 3.92. The van der Waals surface area contributed by atoms with Crippen LogP contribution in [0.2, 0.25) is 0 Å². The predicted molar refractivity (Wildman–Crippen MR) is 109 cm³/mol. The summed E-state index contributed by atoms with van der Waals surface area (Å²) in [6.07, 6.45) is 7.16. The van der Waals surface area contributed by atoms with Crippen LogP contribution in [0.5, 0.6) is 5.88 Å². The van der Waals surface area contributed by atoms with E-state index < -0.39 is 6.09 Å². The normalized spacial score (nSPS) is 19.3. The Hall–Kier alpha value is -3.17. The Balaban J connectivity index is 1.46. The summed E-state index contributed by atoms with van der Waals surface area (Å²) in [5.41, 5.74) is 1.54. The summed E-state index contributed by atoms with van der Waals surface area (Å²) in [5, 5.41) is 21.3. The van der Waals surface area contributed by atoms with E-state index in [4.69, 9.17) is 9.84 Å². The third-order valence-corrected chi connectivity index (χ3v) is 5.44. The number of nitrogens with one attached hydrogen (secondary N) is 3. The standard InChI is InChI=1S/C20H28N6O4/c1-12(22-20(28)29)3-4-13-5-6-14(7-13)16-9-17(26-25-16)24-18(27)8-15-10-21-11-19(23-15)30-2/h9-14,22H,3-8H2,1-2H3,(H,28,29)(H2,24,25,26,27)/t12-,13?,14?/m0/s1. The number of aromatic nitrogens is 4. The summed E-state index contributed by atoms with van der Waals surface area (Å²) in [5.74, 6) is 1.58. The van der Waals surface area contributed by atoms with E-state index in [-0.39, 0.29) is 18.4 Å². The predicted octanol–water partition coefficient (Wildman–Crippen LogP) is 2.71. The van der Waals surface area contributed by atoms with Gasteiger partial charge in [0.15, 0.2) is 5.82 Å². The quantitative estimate of drug-likeness (QED) is 0.492. The molecule has 1 aliphatic rings. The summed E-state index contributed by atoms with van der Waals surface area (Å²) < 4.78 is 5.02. The second-order valence-electron chi connectivity index (χ2n) is 7.79. The molecule has 0 radical (unpaired) electrons. The van der Waals surface area contributed by atoms with E-state index in [0.29, 0.717) is 29.2 Å². The molecule has 2 unspecified atom stereocenters. The topological polar surface area (TPSA) is 142 Å². The van der Waals surface area contributed by atoms with E-state index in [9.17, 15) is 9.59 Å². The van der Waals surface area contributed by atoms with Crippen molar-refractivity contribution in [2.45, 2.75) is 57.4 Å². The maximum Gasteiger partial charge on any atom is 0.404 e. The van der Waals surface area contributed by atoms with Crippen molar-refractivity contribution in [3.8, 4) is 5.88 Å². The molecule has 1 saturated carbocycles. The van der Waals surface area contributed by atoms with Crippen LogP contribution in [0.25, 0.3) is 0 Å². The monoisotopic (exact) mass is 416 g/mol. The third-order valence-electron chi connectivity index (χ3n) is 5.44. The van der Waals surface area contributed by atoms with Crippen LogP contribution >= 0.6 is 0 Å². The fourth-order valence-corrected chi connectivity index (χ4v) is 3.92. The number of methoxy groups -OCH3 is 1. The number of carboxylic acid groups (broad SMARTS) is 1. The van der Waals surface area contributed by atoms with Gasteiger partial charge < -0.3 is 20.5 Å². The lowest BCUT2D eigenvalue weighted by molar-refractivity contribution is -0.115. The first kappa shape index (κ1) is 21.5. The van der Waals surface area contributed by atoms with Gasteiger partial charge in [-0.3, -0.25) is 14.9 Å². The number of ether oxygens (including phenoxy) is 1. The van der Waals surface area contributed by atoms with Crippen LogP contribution < -0.4 is 15.4 Å². The maximum atomic E-state index is 12.3. The molecular formula is C20H28N6O4. The summed E-state index contributed by atoms with van der Waals surface area (Å²) in [6, 6.07) is 1.85. The van der Waals surface area contributed by atoms with Gasteiger partial charge in [-0.2, -0.15) is 5.10 Å². The second-order valence-corrected chi connectivity index (χ2v) is 7.79. The Labute approximate surface area is 174 Å². The number of nitrogens with zero attached hydrogens (tertiary/aromatic N) is 3. The molecule has 0 saturated heterocycles. The molecule has 3 rings (SSSR count). The van der Waals surface area contributed by atoms with E-state index in [1.165, 1.54) is 19.5 Å². The van der Waals surface area contributed by atoms with Gasteiger partial charge in [0.05, 0.1) is 25.4 Å². The van der Waals surface area contributed by atoms with Crippen molar-refractivity contribution in [2.75, 3.05) is 12.4 Å². The summed E-state index contributed by atoms with van der Waals surface area (Å²) >= 11 is 0. The van der Waals surface area contributed by atoms with Crippen LogP contribution in [0, 0.1) is 5.92 Å². The zero-order valence-electron chi connectivity index (χ0n) is 17.2. The molecule has 1 fully saturated rings. The van der Waals surface area contributed by atoms with Crippen molar-refractivity contribution in [3.63, 3.8) is 0 Å². The van der Waals surface area contributed by atoms with Crippen LogP contribution in [-0.2, 0) is 11.2 Å². The SMILES string of the molecule is COc1cncc(CC(=O)Nc2cc(C3CCC(CC[C@H](C)NC(=O)O)C3)[nH]n2)n1. The lowest BCUT2D eigenvalue weighted by atomic mass is 9.96. The molecule has 3 atom stereocenters. The van der Waals surface area contributed by atoms with Crippen LogP contribution in [0.1, 0.15) is 56.3 Å². The van der Waals surface area contributed by atoms with Crippen molar-refractivity contribution in [2.24, 2.45) is 5.92 Å². The highest BCUT2D eigenvalue weighted by molar-refractivity contribution is 5.91. The van der Waals surface area contributed by atoms with E-state index in [1.54, 1.807) is 0 Å². The first-order valence-electron chi connectivity index (χ1n) is 10.1. The Morgan fingerprint density at radius 1 is 1.37 bits per heavy atom. The number of aromatic amines is 1. The molecule has 2 heterocycles. The van der Waals surface area contributed by atoms with Crippen LogP contribution in [0.4, 0.5) is 10.6 Å². The number of hydrogen-bond acceptors (Lipinski definition) is 6. The van der Waals surface area contributed by atoms with E-state index in [2.05, 4.69) is 30.8 Å². The first-order valence-corrected chi connectivity index (χ1v) is 10.1. The number of amides is 2. The Bertz CT molecular complexity index is 870. The van der Waals surface area contributed by atoms with Gasteiger partial charge in [-0.1, -0.05) is 0 Å². The molecule has 2 aromatic heterocycles. The molecule has 2 aromatic rings. The highest BCUT2D eigenvalue weighted by Crippen LogP contribution is 2.40. The highest BCUT2D eigenvalue weighted by Gasteiger charge is 2.27.